The van der Waals surface area contributed by atoms with E-state index in [1.165, 1.54) is 30.8 Å². The molecular formula is C5H10S2. The van der Waals surface area contributed by atoms with E-state index in [4.69, 9.17) is 0 Å². The smallest absolute Gasteiger partial charge is 0.00369 e. The quantitative estimate of drug-likeness (QED) is 0.467. The van der Waals surface area contributed by atoms with Gasteiger partial charge in [-0.3, -0.25) is 0 Å². The largest absolute Gasteiger partial charge is 0.0942 e. The van der Waals surface area contributed by atoms with E-state index in [1.54, 1.807) is 0 Å². The maximum Gasteiger partial charge on any atom is 0.00369 e. The molecule has 0 aromatic heterocycles. The van der Waals surface area contributed by atoms with Gasteiger partial charge in [-0.2, -0.15) is 0 Å². The van der Waals surface area contributed by atoms with E-state index in [0.717, 1.165) is 0 Å². The molecule has 0 aliphatic carbocycles. The fraction of sp³-hybridized carbons (Fsp3) is 1.00. The van der Waals surface area contributed by atoms with Crippen molar-refractivity contribution >= 4 is 21.6 Å². The monoisotopic (exact) mass is 134 g/mol. The van der Waals surface area contributed by atoms with Gasteiger partial charge in [-0.05, 0) is 12.8 Å². The van der Waals surface area contributed by atoms with Gasteiger partial charge in [0.15, 0.2) is 0 Å². The standard InChI is InChI=1S/C5H10S2/c1-2-4-6-7-5-3-1/h1-5H2. The van der Waals surface area contributed by atoms with Gasteiger partial charge in [-0.1, -0.05) is 28.0 Å². The van der Waals surface area contributed by atoms with E-state index < -0.39 is 0 Å². The zero-order chi connectivity index (χ0) is 4.95. The Morgan fingerprint density at radius 2 is 1.29 bits per heavy atom. The maximum absolute atomic E-state index is 2.03. The maximum atomic E-state index is 2.03. The SMILES string of the molecule is C1CCSSCC1. The van der Waals surface area contributed by atoms with Gasteiger partial charge in [0.05, 0.1) is 0 Å². The molecule has 0 aromatic carbocycles. The number of hydrogen-bond donors (Lipinski definition) is 0. The summed E-state index contributed by atoms with van der Waals surface area (Å²) in [5.41, 5.74) is 0. The van der Waals surface area contributed by atoms with Crippen LogP contribution in [0.2, 0.25) is 0 Å². The number of rotatable bonds is 0. The fourth-order valence-electron chi connectivity index (χ4n) is 0.617. The highest BCUT2D eigenvalue weighted by Crippen LogP contribution is 2.27. The van der Waals surface area contributed by atoms with E-state index in [1.807, 2.05) is 21.6 Å². The predicted octanol–water partition coefficient (Wildman–Crippen LogP) is 2.55. The molecular weight excluding hydrogens is 124 g/mol. The summed E-state index contributed by atoms with van der Waals surface area (Å²) in [6, 6.07) is 0. The van der Waals surface area contributed by atoms with Gasteiger partial charge in [0.1, 0.15) is 0 Å². The second-order valence-corrected chi connectivity index (χ2v) is 4.41. The van der Waals surface area contributed by atoms with E-state index >= 15 is 0 Å². The van der Waals surface area contributed by atoms with Crippen molar-refractivity contribution in [3.05, 3.63) is 0 Å². The van der Waals surface area contributed by atoms with Crippen LogP contribution in [-0.2, 0) is 0 Å². The van der Waals surface area contributed by atoms with Crippen LogP contribution in [0.15, 0.2) is 0 Å². The molecule has 0 atom stereocenters. The van der Waals surface area contributed by atoms with Crippen molar-refractivity contribution in [2.24, 2.45) is 0 Å². The molecule has 0 radical (unpaired) electrons. The van der Waals surface area contributed by atoms with Crippen LogP contribution in [0.5, 0.6) is 0 Å². The molecule has 7 heavy (non-hydrogen) atoms. The average Bonchev–Trinajstić information content (AvgIpc) is 1.90. The highest BCUT2D eigenvalue weighted by atomic mass is 33.1. The van der Waals surface area contributed by atoms with Crippen LogP contribution in [0.3, 0.4) is 0 Å². The van der Waals surface area contributed by atoms with Crippen LogP contribution in [0, 0.1) is 0 Å². The van der Waals surface area contributed by atoms with Gasteiger partial charge < -0.3 is 0 Å². The Bertz CT molecular complexity index is 25.7. The van der Waals surface area contributed by atoms with E-state index in [2.05, 4.69) is 0 Å². The number of hydrogen-bond acceptors (Lipinski definition) is 2. The molecule has 1 aliphatic heterocycles. The molecule has 1 fully saturated rings. The van der Waals surface area contributed by atoms with E-state index in [0.29, 0.717) is 0 Å². The summed E-state index contributed by atoms with van der Waals surface area (Å²) in [4.78, 5) is 0. The Labute approximate surface area is 52.8 Å². The van der Waals surface area contributed by atoms with Crippen LogP contribution in [0.1, 0.15) is 19.3 Å². The Morgan fingerprint density at radius 3 is 1.86 bits per heavy atom. The topological polar surface area (TPSA) is 0 Å². The van der Waals surface area contributed by atoms with Crippen LogP contribution in [0.4, 0.5) is 0 Å². The molecule has 1 aliphatic rings. The van der Waals surface area contributed by atoms with Crippen molar-refractivity contribution in [1.29, 1.82) is 0 Å². The van der Waals surface area contributed by atoms with Gasteiger partial charge >= 0.3 is 0 Å². The van der Waals surface area contributed by atoms with Crippen molar-refractivity contribution < 1.29 is 0 Å². The molecule has 0 bridgehead atoms. The summed E-state index contributed by atoms with van der Waals surface area (Å²) in [6.07, 6.45) is 4.34. The third-order valence-electron chi connectivity index (χ3n) is 1.04. The van der Waals surface area contributed by atoms with Crippen LogP contribution in [-0.4, -0.2) is 11.5 Å². The van der Waals surface area contributed by atoms with Crippen molar-refractivity contribution in [3.8, 4) is 0 Å². The first-order valence-corrected chi connectivity index (χ1v) is 5.23. The second kappa shape index (κ2) is 3.67. The minimum absolute atomic E-state index is 1.38. The molecule has 0 spiro atoms. The van der Waals surface area contributed by atoms with Crippen molar-refractivity contribution in [2.45, 2.75) is 19.3 Å². The van der Waals surface area contributed by atoms with Gasteiger partial charge in [0.2, 0.25) is 0 Å². The Kier molecular flexibility index (Phi) is 3.06. The lowest BCUT2D eigenvalue weighted by Gasteiger charge is -1.86. The van der Waals surface area contributed by atoms with Crippen molar-refractivity contribution in [1.82, 2.24) is 0 Å². The van der Waals surface area contributed by atoms with Crippen molar-refractivity contribution in [3.63, 3.8) is 0 Å². The van der Waals surface area contributed by atoms with Crippen LogP contribution < -0.4 is 0 Å². The molecule has 0 nitrogen and oxygen atoms in total. The minimum atomic E-state index is 1.38. The first-order valence-electron chi connectivity index (χ1n) is 2.74. The Hall–Kier alpha value is 0.700. The van der Waals surface area contributed by atoms with Crippen LogP contribution in [0.25, 0.3) is 0 Å². The highest BCUT2D eigenvalue weighted by molar-refractivity contribution is 8.76. The first kappa shape index (κ1) is 5.83. The Balaban J connectivity index is 2.04. The lowest BCUT2D eigenvalue weighted by atomic mass is 10.3. The molecule has 1 rings (SSSR count). The summed E-state index contributed by atoms with van der Waals surface area (Å²) >= 11 is 0. The molecule has 0 N–H and O–H groups in total. The third kappa shape index (κ3) is 2.50. The van der Waals surface area contributed by atoms with Gasteiger partial charge in [-0.25, -0.2) is 0 Å². The summed E-state index contributed by atoms with van der Waals surface area (Å²) in [5, 5.41) is 0. The van der Waals surface area contributed by atoms with Crippen LogP contribution >= 0.6 is 21.6 Å². The predicted molar refractivity (Wildman–Crippen MR) is 38.8 cm³/mol. The van der Waals surface area contributed by atoms with Gasteiger partial charge in [-0.15, -0.1) is 0 Å². The molecule has 0 aromatic rings. The third-order valence-corrected chi connectivity index (χ3v) is 3.62. The van der Waals surface area contributed by atoms with Gasteiger partial charge in [0.25, 0.3) is 0 Å². The zero-order valence-electron chi connectivity index (χ0n) is 4.35. The summed E-state index contributed by atoms with van der Waals surface area (Å²) < 4.78 is 0. The zero-order valence-corrected chi connectivity index (χ0v) is 5.99. The van der Waals surface area contributed by atoms with E-state index in [9.17, 15) is 0 Å². The van der Waals surface area contributed by atoms with E-state index in [-0.39, 0.29) is 0 Å². The average molecular weight is 134 g/mol. The Morgan fingerprint density at radius 1 is 0.714 bits per heavy atom. The minimum Gasteiger partial charge on any atom is -0.0942 e. The summed E-state index contributed by atoms with van der Waals surface area (Å²) in [7, 11) is 4.06. The highest BCUT2D eigenvalue weighted by Gasteiger charge is 1.96. The molecule has 1 saturated heterocycles. The molecule has 0 amide bonds. The lowest BCUT2D eigenvalue weighted by molar-refractivity contribution is 0.791. The molecule has 1 heterocycles. The van der Waals surface area contributed by atoms with Gasteiger partial charge in [0, 0.05) is 11.5 Å². The molecule has 42 valence electrons. The molecule has 0 saturated carbocycles. The normalized spacial score (nSPS) is 24.0. The summed E-state index contributed by atoms with van der Waals surface area (Å²) in [6.45, 7) is 0. The molecule has 2 heteroatoms. The molecule has 0 unspecified atom stereocenters. The lowest BCUT2D eigenvalue weighted by Crippen LogP contribution is -1.73. The summed E-state index contributed by atoms with van der Waals surface area (Å²) in [5.74, 6) is 2.76. The second-order valence-electron chi connectivity index (χ2n) is 1.70. The fourth-order valence-corrected chi connectivity index (χ4v) is 2.91. The first-order chi connectivity index (χ1) is 3.50. The van der Waals surface area contributed by atoms with Crippen molar-refractivity contribution in [2.75, 3.05) is 11.5 Å².